The summed E-state index contributed by atoms with van der Waals surface area (Å²) in [6.45, 7) is 2.38. The number of rotatable bonds is 10. The van der Waals surface area contributed by atoms with Crippen molar-refractivity contribution in [3.05, 3.63) is 191 Å². The average Bonchev–Trinajstić information content (AvgIpc) is 3.94. The Morgan fingerprint density at radius 2 is 1.02 bits per heavy atom. The topological polar surface area (TPSA) is 208 Å². The van der Waals surface area contributed by atoms with Gasteiger partial charge in [0.25, 0.3) is 11.8 Å². The average molecular weight is 879 g/mol. The monoisotopic (exact) mass is 878 g/mol. The van der Waals surface area contributed by atoms with Crippen LogP contribution in [0.5, 0.6) is 0 Å². The van der Waals surface area contributed by atoms with Crippen LogP contribution in [0, 0.1) is 11.6 Å². The molecule has 322 valence electrons. The fourth-order valence-electron chi connectivity index (χ4n) is 6.37. The van der Waals surface area contributed by atoms with Crippen molar-refractivity contribution >= 4 is 45.6 Å². The zero-order valence-corrected chi connectivity index (χ0v) is 36.9. The van der Waals surface area contributed by atoms with Crippen LogP contribution in [-0.2, 0) is 17.8 Å². The number of nitrogens with zero attached hydrogens (tertiary/aromatic N) is 4. The molecule has 0 spiro atoms. The van der Waals surface area contributed by atoms with E-state index in [9.17, 15) is 28.0 Å². The molecule has 0 bridgehead atoms. The number of aromatic nitrogens is 4. The van der Waals surface area contributed by atoms with Crippen LogP contribution in [0.3, 0.4) is 0 Å². The largest absolute Gasteiger partial charge is 1.00 e. The van der Waals surface area contributed by atoms with Gasteiger partial charge in [0.2, 0.25) is 0 Å². The maximum atomic E-state index is 13.2. The minimum absolute atomic E-state index is 0. The number of hydrogen-bond acceptors (Lipinski definition) is 9. The molecular weight excluding hydrogens is 838 g/mol. The number of fused-ring (bicyclic) bond motifs is 2. The molecule has 2 heterocycles. The first-order chi connectivity index (χ1) is 30.0. The molecule has 0 saturated heterocycles. The molecular formula is C47H41F2N6NaO8. The van der Waals surface area contributed by atoms with Crippen molar-refractivity contribution in [2.45, 2.75) is 20.0 Å². The molecule has 14 nitrogen and oxygen atoms in total. The Labute approximate surface area is 387 Å². The number of halogens is 2. The van der Waals surface area contributed by atoms with E-state index in [1.807, 2.05) is 18.2 Å². The van der Waals surface area contributed by atoms with Gasteiger partial charge < -0.3 is 31.1 Å². The minimum atomic E-state index is -1.02. The van der Waals surface area contributed by atoms with E-state index in [0.717, 1.165) is 16.6 Å². The number of aliphatic hydroxyl groups excluding tert-OH is 1. The molecule has 0 radical (unpaired) electrons. The second kappa shape index (κ2) is 23.4. The zero-order chi connectivity index (χ0) is 44.2. The van der Waals surface area contributed by atoms with E-state index in [1.54, 1.807) is 108 Å². The van der Waals surface area contributed by atoms with Gasteiger partial charge in [-0.2, -0.15) is 10.2 Å². The van der Waals surface area contributed by atoms with Gasteiger partial charge in [0, 0.05) is 30.5 Å². The number of aromatic carboxylic acids is 1. The van der Waals surface area contributed by atoms with Gasteiger partial charge in [0.1, 0.15) is 11.6 Å². The second-order valence-corrected chi connectivity index (χ2v) is 13.4. The van der Waals surface area contributed by atoms with Crippen LogP contribution in [-0.4, -0.2) is 72.7 Å². The molecule has 0 aliphatic rings. The number of ether oxygens (including phenoxy) is 1. The Morgan fingerprint density at radius 1 is 0.625 bits per heavy atom. The Hall–Kier alpha value is -7.08. The number of hydrogen-bond donors (Lipinski definition) is 4. The first-order valence-electron chi connectivity index (χ1n) is 19.1. The number of esters is 1. The van der Waals surface area contributed by atoms with Crippen LogP contribution >= 0.6 is 0 Å². The third-order valence-electron chi connectivity index (χ3n) is 9.29. The summed E-state index contributed by atoms with van der Waals surface area (Å²) < 4.78 is 34.4. The summed E-state index contributed by atoms with van der Waals surface area (Å²) in [5, 5.41) is 32.4. The summed E-state index contributed by atoms with van der Waals surface area (Å²) in [5.41, 5.74) is 5.82. The molecule has 0 unspecified atom stereocenters. The normalized spacial score (nSPS) is 10.2. The molecule has 0 atom stereocenters. The fourth-order valence-corrected chi connectivity index (χ4v) is 6.37. The number of carbonyl (C=O) groups is 4. The number of benzene rings is 6. The number of aliphatic hydroxyl groups is 1. The SMILES string of the molecule is CCO.COC(=O)c1cccc(CNC(=O)c2cccc3c2cnn3-c2ccc(F)cc2)c1.O=C(O)c1cccc(CNC(=O)c2cccc3c2cnn3-c2ccc(F)cc2)c1.[Na+].[OH-]. The van der Waals surface area contributed by atoms with E-state index >= 15 is 0 Å². The number of nitrogens with one attached hydrogen (secondary N) is 2. The maximum absolute atomic E-state index is 13.2. The van der Waals surface area contributed by atoms with Crippen LogP contribution in [0.15, 0.2) is 146 Å². The summed E-state index contributed by atoms with van der Waals surface area (Å²) in [4.78, 5) is 48.3. The molecule has 0 saturated carbocycles. The molecule has 8 rings (SSSR count). The molecule has 2 amide bonds. The van der Waals surface area contributed by atoms with Crippen molar-refractivity contribution in [2.75, 3.05) is 13.7 Å². The van der Waals surface area contributed by atoms with E-state index in [2.05, 4.69) is 20.8 Å². The summed E-state index contributed by atoms with van der Waals surface area (Å²) in [5.74, 6) is -2.67. The quantitative estimate of drug-likeness (QED) is 0.112. The maximum Gasteiger partial charge on any atom is 1.00 e. The first kappa shape index (κ1) is 49.6. The van der Waals surface area contributed by atoms with Gasteiger partial charge in [-0.15, -0.1) is 0 Å². The minimum Gasteiger partial charge on any atom is -0.870 e. The van der Waals surface area contributed by atoms with Crippen molar-refractivity contribution in [1.29, 1.82) is 0 Å². The summed E-state index contributed by atoms with van der Waals surface area (Å²) >= 11 is 0. The zero-order valence-electron chi connectivity index (χ0n) is 34.9. The van der Waals surface area contributed by atoms with Crippen molar-refractivity contribution in [1.82, 2.24) is 30.2 Å². The van der Waals surface area contributed by atoms with E-state index in [4.69, 9.17) is 14.9 Å². The molecule has 0 aliphatic heterocycles. The van der Waals surface area contributed by atoms with Gasteiger partial charge in [0.15, 0.2) is 0 Å². The van der Waals surface area contributed by atoms with E-state index in [1.165, 1.54) is 43.5 Å². The second-order valence-electron chi connectivity index (χ2n) is 13.4. The van der Waals surface area contributed by atoms with Gasteiger partial charge in [-0.25, -0.2) is 27.7 Å². The number of carboxylic acid groups (broad SMARTS) is 1. The number of methoxy groups -OCH3 is 1. The Kier molecular flexibility index (Phi) is 18.1. The predicted molar refractivity (Wildman–Crippen MR) is 230 cm³/mol. The van der Waals surface area contributed by atoms with Crippen molar-refractivity contribution in [3.63, 3.8) is 0 Å². The van der Waals surface area contributed by atoms with Crippen molar-refractivity contribution < 1.29 is 77.9 Å². The fraction of sp³-hybridized carbons (Fsp3) is 0.106. The Morgan fingerprint density at radius 3 is 1.42 bits per heavy atom. The van der Waals surface area contributed by atoms with Gasteiger partial charge in [-0.05, 0) is 115 Å². The predicted octanol–water partition coefficient (Wildman–Crippen LogP) is 4.50. The number of carboxylic acids is 1. The van der Waals surface area contributed by atoms with Gasteiger partial charge in [0.05, 0.1) is 64.2 Å². The van der Waals surface area contributed by atoms with Crippen LogP contribution in [0.4, 0.5) is 8.78 Å². The van der Waals surface area contributed by atoms with Crippen LogP contribution < -0.4 is 40.2 Å². The summed E-state index contributed by atoms with van der Waals surface area (Å²) in [6, 6.07) is 35.8. The van der Waals surface area contributed by atoms with Crippen LogP contribution in [0.1, 0.15) is 59.5 Å². The molecule has 5 N–H and O–H groups in total. The smallest absolute Gasteiger partial charge is 0.870 e. The molecule has 17 heteroatoms. The third kappa shape index (κ3) is 12.1. The molecule has 64 heavy (non-hydrogen) atoms. The number of amides is 2. The van der Waals surface area contributed by atoms with E-state index in [-0.39, 0.29) is 83.7 Å². The van der Waals surface area contributed by atoms with Gasteiger partial charge >= 0.3 is 41.5 Å². The molecule has 0 aliphatic carbocycles. The first-order valence-corrected chi connectivity index (χ1v) is 19.1. The van der Waals surface area contributed by atoms with Crippen molar-refractivity contribution in [2.24, 2.45) is 0 Å². The third-order valence-corrected chi connectivity index (χ3v) is 9.29. The molecule has 6 aromatic carbocycles. The van der Waals surface area contributed by atoms with Gasteiger partial charge in [-0.1, -0.05) is 36.4 Å². The number of carbonyl (C=O) groups excluding carboxylic acids is 3. The molecule has 0 fully saturated rings. The van der Waals surface area contributed by atoms with Crippen molar-refractivity contribution in [3.8, 4) is 11.4 Å². The summed E-state index contributed by atoms with van der Waals surface area (Å²) in [7, 11) is 1.32. The Balaban J connectivity index is 0.000000257. The summed E-state index contributed by atoms with van der Waals surface area (Å²) in [6.07, 6.45) is 3.21. The Bertz CT molecular complexity index is 2870. The van der Waals surface area contributed by atoms with E-state index < -0.39 is 11.9 Å². The molecule has 2 aromatic heterocycles. The molecule has 8 aromatic rings. The standard InChI is InChI=1S/C23H18FN3O3.C22H16FN3O3.C2H6O.Na.H2O/c1-30-23(29)16-5-2-4-15(12-16)13-25-22(28)19-6-3-7-21-20(19)14-26-27(21)18-10-8-17(24)9-11-18;23-16-7-9-17(10-8-16)26-20-6-2-5-18(19(20)13-25-26)21(27)24-12-14-3-1-4-15(11-14)22(28)29;1-2-3;;/h2-12,14H,13H2,1H3,(H,25,28);1-11,13H,12H2,(H,24,27)(H,28,29);3H,2H2,1H3;;1H2/q;;;+1;/p-1. The van der Waals surface area contributed by atoms with Crippen LogP contribution in [0.25, 0.3) is 33.2 Å². The van der Waals surface area contributed by atoms with Crippen LogP contribution in [0.2, 0.25) is 0 Å². The van der Waals surface area contributed by atoms with Gasteiger partial charge in [-0.3, -0.25) is 9.59 Å². The van der Waals surface area contributed by atoms with E-state index in [0.29, 0.717) is 44.4 Å².